The number of phenolic OH excluding ortho intramolecular Hbond substituents is 1. The van der Waals surface area contributed by atoms with Crippen molar-refractivity contribution in [3.05, 3.63) is 50.4 Å². The molecule has 2 fully saturated rings. The van der Waals surface area contributed by atoms with Crippen LogP contribution in [-0.4, -0.2) is 79.6 Å². The van der Waals surface area contributed by atoms with Crippen LogP contribution in [0.25, 0.3) is 11.3 Å². The minimum Gasteiger partial charge on any atom is -0.508 e. The third kappa shape index (κ3) is 4.45. The van der Waals surface area contributed by atoms with Crippen LogP contribution in [0.3, 0.4) is 0 Å². The molecule has 0 radical (unpaired) electrons. The van der Waals surface area contributed by atoms with E-state index in [0.29, 0.717) is 54.4 Å². The Kier molecular flexibility index (Phi) is 6.13. The summed E-state index contributed by atoms with van der Waals surface area (Å²) in [6.45, 7) is 6.70. The molecule has 1 atom stereocenters. The van der Waals surface area contributed by atoms with Crippen LogP contribution in [0.1, 0.15) is 31.7 Å². The second kappa shape index (κ2) is 9.22. The molecule has 5 rings (SSSR count). The first-order chi connectivity index (χ1) is 16.4. The van der Waals surface area contributed by atoms with Gasteiger partial charge in [-0.1, -0.05) is 13.0 Å². The van der Waals surface area contributed by atoms with E-state index in [2.05, 4.69) is 36.7 Å². The van der Waals surface area contributed by atoms with Crippen LogP contribution >= 0.6 is 0 Å². The number of aromatic hydroxyl groups is 1. The fourth-order valence-corrected chi connectivity index (χ4v) is 5.31. The summed E-state index contributed by atoms with van der Waals surface area (Å²) >= 11 is 0. The Morgan fingerprint density at radius 2 is 1.91 bits per heavy atom. The number of H-pyrrole nitrogens is 3. The molecule has 3 aromatic rings. The predicted molar refractivity (Wildman–Crippen MR) is 127 cm³/mol. The molecule has 4 heterocycles. The number of hydrogen-bond acceptors (Lipinski definition) is 7. The number of fused-ring (bicyclic) bond motifs is 1. The van der Waals surface area contributed by atoms with Crippen molar-refractivity contribution in [2.45, 2.75) is 44.8 Å². The molecule has 2 aliphatic heterocycles. The predicted octanol–water partition coefficient (Wildman–Crippen LogP) is 1.35. The van der Waals surface area contributed by atoms with Crippen LogP contribution in [-0.2, 0) is 6.54 Å². The van der Waals surface area contributed by atoms with E-state index in [9.17, 15) is 19.1 Å². The van der Waals surface area contributed by atoms with Crippen molar-refractivity contribution >= 4 is 17.1 Å². The van der Waals surface area contributed by atoms with E-state index in [1.807, 2.05) is 4.90 Å². The highest BCUT2D eigenvalue weighted by Gasteiger charge is 2.34. The quantitative estimate of drug-likeness (QED) is 0.443. The molecular formula is C23H30FN7O3. The van der Waals surface area contributed by atoms with Crippen molar-refractivity contribution < 1.29 is 9.50 Å². The van der Waals surface area contributed by atoms with E-state index in [1.54, 1.807) is 6.07 Å². The zero-order chi connectivity index (χ0) is 23.8. The van der Waals surface area contributed by atoms with Gasteiger partial charge in [-0.05, 0) is 38.4 Å². The van der Waals surface area contributed by atoms with E-state index in [0.717, 1.165) is 38.9 Å². The Morgan fingerprint density at radius 1 is 1.12 bits per heavy atom. The Hall–Kier alpha value is -3.18. The van der Waals surface area contributed by atoms with Gasteiger partial charge < -0.3 is 15.0 Å². The number of nitrogens with one attached hydrogen (secondary N) is 3. The van der Waals surface area contributed by atoms with E-state index in [4.69, 9.17) is 0 Å². The molecule has 2 aromatic heterocycles. The van der Waals surface area contributed by atoms with E-state index < -0.39 is 5.69 Å². The molecule has 4 N–H and O–H groups in total. The topological polar surface area (TPSA) is 124 Å². The number of aromatic amines is 3. The minimum absolute atomic E-state index is 0.0526. The lowest BCUT2D eigenvalue weighted by atomic mass is 9.98. The minimum atomic E-state index is -0.397. The maximum absolute atomic E-state index is 14.1. The summed E-state index contributed by atoms with van der Waals surface area (Å²) in [4.78, 5) is 43.2. The van der Waals surface area contributed by atoms with Crippen molar-refractivity contribution in [3.8, 4) is 5.75 Å². The first kappa shape index (κ1) is 22.6. The van der Waals surface area contributed by atoms with Crippen molar-refractivity contribution in [2.24, 2.45) is 0 Å². The Balaban J connectivity index is 1.22. The Morgan fingerprint density at radius 3 is 2.65 bits per heavy atom. The number of likely N-dealkylation sites (tertiary alicyclic amines) is 1. The van der Waals surface area contributed by atoms with Gasteiger partial charge in [0.15, 0.2) is 17.1 Å². The van der Waals surface area contributed by atoms with Crippen LogP contribution in [0.15, 0.2) is 27.8 Å². The van der Waals surface area contributed by atoms with Gasteiger partial charge in [0.1, 0.15) is 11.6 Å². The summed E-state index contributed by atoms with van der Waals surface area (Å²) in [6.07, 6.45) is 2.97. The van der Waals surface area contributed by atoms with E-state index in [-0.39, 0.29) is 17.1 Å². The summed E-state index contributed by atoms with van der Waals surface area (Å²) in [5.41, 5.74) is 0.567. The standard InChI is InChI=1S/C23H30FN7O3/c1-2-15-13-30(21-22(33)26-20-19(25-21)27-23(34)28-20)9-10-31(15)16-5-7-29(8-6-16)12-14-3-4-17(32)11-18(14)24/h3-4,11,15-16,32H,2,5-10,12-13H2,1H3,(H3,25,26,27,28,33,34). The SMILES string of the molecule is CCC1CN(c2nc3[nH]c(=O)[nH]c3[nH]c2=O)CCN1C1CCN(Cc2ccc(O)cc2F)CC1. The fourth-order valence-electron chi connectivity index (χ4n) is 5.31. The van der Waals surface area contributed by atoms with Gasteiger partial charge >= 0.3 is 5.69 Å². The average Bonchev–Trinajstić information content (AvgIpc) is 3.19. The van der Waals surface area contributed by atoms with Crippen molar-refractivity contribution in [1.82, 2.24) is 29.7 Å². The van der Waals surface area contributed by atoms with Crippen molar-refractivity contribution in [2.75, 3.05) is 37.6 Å². The second-order valence-corrected chi connectivity index (χ2v) is 9.22. The van der Waals surface area contributed by atoms with Crippen LogP contribution in [0, 0.1) is 5.82 Å². The molecule has 0 saturated carbocycles. The van der Waals surface area contributed by atoms with Crippen LogP contribution in [0.4, 0.5) is 10.2 Å². The maximum Gasteiger partial charge on any atom is 0.326 e. The summed E-state index contributed by atoms with van der Waals surface area (Å²) in [5, 5.41) is 9.42. The van der Waals surface area contributed by atoms with Crippen LogP contribution in [0.2, 0.25) is 0 Å². The summed E-state index contributed by atoms with van der Waals surface area (Å²) < 4.78 is 14.1. The third-order valence-electron chi connectivity index (χ3n) is 7.12. The van der Waals surface area contributed by atoms with Gasteiger partial charge in [-0.25, -0.2) is 14.2 Å². The second-order valence-electron chi connectivity index (χ2n) is 9.22. The highest BCUT2D eigenvalue weighted by molar-refractivity contribution is 5.66. The van der Waals surface area contributed by atoms with Gasteiger partial charge in [0.2, 0.25) is 0 Å². The number of piperidine rings is 1. The Bertz CT molecular complexity index is 1280. The van der Waals surface area contributed by atoms with E-state index >= 15 is 0 Å². The number of aromatic nitrogens is 4. The van der Waals surface area contributed by atoms with Crippen molar-refractivity contribution in [3.63, 3.8) is 0 Å². The summed E-state index contributed by atoms with van der Waals surface area (Å²) in [6, 6.07) is 5.09. The molecule has 11 heteroatoms. The number of piperazine rings is 1. The van der Waals surface area contributed by atoms with Gasteiger partial charge in [0, 0.05) is 49.9 Å². The molecule has 0 aliphatic carbocycles. The highest BCUT2D eigenvalue weighted by atomic mass is 19.1. The molecule has 10 nitrogen and oxygen atoms in total. The third-order valence-corrected chi connectivity index (χ3v) is 7.12. The smallest absolute Gasteiger partial charge is 0.326 e. The van der Waals surface area contributed by atoms with Gasteiger partial charge in [-0.15, -0.1) is 0 Å². The van der Waals surface area contributed by atoms with Crippen LogP contribution < -0.4 is 16.1 Å². The van der Waals surface area contributed by atoms with Gasteiger partial charge in [-0.3, -0.25) is 24.6 Å². The molecule has 0 bridgehead atoms. The molecular weight excluding hydrogens is 441 g/mol. The lowest BCUT2D eigenvalue weighted by Crippen LogP contribution is -2.59. The van der Waals surface area contributed by atoms with E-state index in [1.165, 1.54) is 12.1 Å². The molecule has 1 unspecified atom stereocenters. The molecule has 34 heavy (non-hydrogen) atoms. The molecule has 1 aromatic carbocycles. The first-order valence-corrected chi connectivity index (χ1v) is 11.8. The maximum atomic E-state index is 14.1. The number of imidazole rings is 1. The lowest BCUT2D eigenvalue weighted by Gasteiger charge is -2.47. The number of anilines is 1. The number of nitrogens with zero attached hydrogens (tertiary/aromatic N) is 4. The largest absolute Gasteiger partial charge is 0.508 e. The first-order valence-electron chi connectivity index (χ1n) is 11.8. The number of hydrogen-bond donors (Lipinski definition) is 4. The fraction of sp³-hybridized carbons (Fsp3) is 0.522. The zero-order valence-electron chi connectivity index (χ0n) is 19.2. The number of benzene rings is 1. The molecule has 0 amide bonds. The molecule has 182 valence electrons. The average molecular weight is 472 g/mol. The number of phenols is 1. The normalized spacial score (nSPS) is 20.9. The number of rotatable bonds is 5. The zero-order valence-corrected chi connectivity index (χ0v) is 19.2. The number of halogens is 1. The Labute approximate surface area is 195 Å². The van der Waals surface area contributed by atoms with Crippen molar-refractivity contribution in [1.29, 1.82) is 0 Å². The van der Waals surface area contributed by atoms with Gasteiger partial charge in [0.25, 0.3) is 5.56 Å². The monoisotopic (exact) mass is 471 g/mol. The van der Waals surface area contributed by atoms with Gasteiger partial charge in [-0.2, -0.15) is 0 Å². The molecule has 2 saturated heterocycles. The lowest BCUT2D eigenvalue weighted by molar-refractivity contribution is 0.0607. The molecule has 2 aliphatic rings. The highest BCUT2D eigenvalue weighted by Crippen LogP contribution is 2.26. The summed E-state index contributed by atoms with van der Waals surface area (Å²) in [7, 11) is 0. The summed E-state index contributed by atoms with van der Waals surface area (Å²) in [5.74, 6) is -0.0791. The molecule has 0 spiro atoms. The van der Waals surface area contributed by atoms with Gasteiger partial charge in [0.05, 0.1) is 0 Å². The van der Waals surface area contributed by atoms with Crippen LogP contribution in [0.5, 0.6) is 5.75 Å².